The van der Waals surface area contributed by atoms with Crippen molar-refractivity contribution in [2.75, 3.05) is 19.9 Å². The zero-order chi connectivity index (χ0) is 14.0. The molecule has 0 saturated heterocycles. The van der Waals surface area contributed by atoms with Crippen LogP contribution in [-0.4, -0.2) is 24.7 Å². The fourth-order valence-corrected chi connectivity index (χ4v) is 4.39. The number of hydrogen-bond acceptors (Lipinski definition) is 3. The first-order valence-electron chi connectivity index (χ1n) is 7.72. The molecule has 0 bridgehead atoms. The average Bonchev–Trinajstić information content (AvgIpc) is 2.46. The van der Waals surface area contributed by atoms with Crippen LogP contribution in [0.1, 0.15) is 49.3 Å². The Morgan fingerprint density at radius 2 is 2.20 bits per heavy atom. The van der Waals surface area contributed by atoms with Gasteiger partial charge in [0, 0.05) is 17.3 Å². The van der Waals surface area contributed by atoms with Gasteiger partial charge in [0.05, 0.1) is 7.11 Å². The minimum absolute atomic E-state index is 0.518. The predicted molar refractivity (Wildman–Crippen MR) is 86.8 cm³/mol. The van der Waals surface area contributed by atoms with Gasteiger partial charge in [-0.15, -0.1) is 0 Å². The van der Waals surface area contributed by atoms with Gasteiger partial charge < -0.3 is 10.1 Å². The molecular formula is C17H25NOS. The summed E-state index contributed by atoms with van der Waals surface area (Å²) >= 11 is 2.05. The molecular weight excluding hydrogens is 266 g/mol. The van der Waals surface area contributed by atoms with Crippen LogP contribution in [0.3, 0.4) is 0 Å². The average molecular weight is 291 g/mol. The fraction of sp³-hybridized carbons (Fsp3) is 0.647. The summed E-state index contributed by atoms with van der Waals surface area (Å²) in [6.07, 6.45) is 10.2. The molecule has 0 spiro atoms. The first-order chi connectivity index (χ1) is 9.76. The van der Waals surface area contributed by atoms with Crippen LogP contribution in [0, 0.1) is 0 Å². The van der Waals surface area contributed by atoms with E-state index in [-0.39, 0.29) is 0 Å². The highest BCUT2D eigenvalue weighted by molar-refractivity contribution is 8.00. The number of thioether (sulfide) groups is 1. The Morgan fingerprint density at radius 1 is 1.35 bits per heavy atom. The molecule has 1 N–H and O–H groups in total. The number of aryl methyl sites for hydroxylation is 1. The Morgan fingerprint density at radius 3 is 2.85 bits per heavy atom. The van der Waals surface area contributed by atoms with Gasteiger partial charge in [-0.05, 0) is 61.6 Å². The standard InChI is InChI=1S/C17H25NOS/c1-19-14-7-8-15-13(11-14)5-3-6-16(15)18-12-17(20-2)9-4-10-17/h7-8,11,16,18H,3-6,9-10,12H2,1-2H3. The molecule has 1 unspecified atom stereocenters. The molecule has 0 radical (unpaired) electrons. The molecule has 1 aromatic rings. The van der Waals surface area contributed by atoms with Crippen LogP contribution in [0.15, 0.2) is 18.2 Å². The predicted octanol–water partition coefficient (Wildman–Crippen LogP) is 3.95. The van der Waals surface area contributed by atoms with Crippen molar-refractivity contribution in [3.63, 3.8) is 0 Å². The number of hydrogen-bond donors (Lipinski definition) is 1. The molecule has 1 saturated carbocycles. The Balaban J connectivity index is 1.70. The van der Waals surface area contributed by atoms with Crippen molar-refractivity contribution in [3.05, 3.63) is 29.3 Å². The van der Waals surface area contributed by atoms with Gasteiger partial charge in [0.2, 0.25) is 0 Å². The van der Waals surface area contributed by atoms with Gasteiger partial charge in [0.1, 0.15) is 5.75 Å². The number of rotatable bonds is 5. The second-order valence-electron chi connectivity index (χ2n) is 6.13. The van der Waals surface area contributed by atoms with Gasteiger partial charge in [0.25, 0.3) is 0 Å². The Labute approximate surface area is 126 Å². The van der Waals surface area contributed by atoms with Crippen LogP contribution in [0.25, 0.3) is 0 Å². The SMILES string of the molecule is COc1ccc2c(c1)CCCC2NCC1(SC)CCC1. The summed E-state index contributed by atoms with van der Waals surface area (Å²) in [5.41, 5.74) is 2.97. The number of ether oxygens (including phenoxy) is 1. The second kappa shape index (κ2) is 5.98. The van der Waals surface area contributed by atoms with Gasteiger partial charge in [0.15, 0.2) is 0 Å². The summed E-state index contributed by atoms with van der Waals surface area (Å²) in [4.78, 5) is 0. The van der Waals surface area contributed by atoms with E-state index in [1.54, 1.807) is 7.11 Å². The molecule has 0 aromatic heterocycles. The van der Waals surface area contributed by atoms with Gasteiger partial charge in [-0.3, -0.25) is 0 Å². The zero-order valence-electron chi connectivity index (χ0n) is 12.6. The summed E-state index contributed by atoms with van der Waals surface area (Å²) in [5.74, 6) is 0.990. The Bertz CT molecular complexity index is 465. The minimum atomic E-state index is 0.518. The van der Waals surface area contributed by atoms with Crippen molar-refractivity contribution in [3.8, 4) is 5.75 Å². The van der Waals surface area contributed by atoms with E-state index < -0.39 is 0 Å². The summed E-state index contributed by atoms with van der Waals surface area (Å²) in [7, 11) is 1.75. The van der Waals surface area contributed by atoms with Crippen molar-refractivity contribution >= 4 is 11.8 Å². The Kier molecular flexibility index (Phi) is 4.27. The third-order valence-electron chi connectivity index (χ3n) is 5.03. The van der Waals surface area contributed by atoms with E-state index in [9.17, 15) is 0 Å². The van der Waals surface area contributed by atoms with Crippen molar-refractivity contribution < 1.29 is 4.74 Å². The van der Waals surface area contributed by atoms with E-state index in [1.807, 2.05) is 0 Å². The molecule has 0 heterocycles. The van der Waals surface area contributed by atoms with E-state index in [2.05, 4.69) is 41.5 Å². The largest absolute Gasteiger partial charge is 0.497 e. The fourth-order valence-electron chi connectivity index (χ4n) is 3.46. The molecule has 2 nitrogen and oxygen atoms in total. The van der Waals surface area contributed by atoms with Gasteiger partial charge in [-0.2, -0.15) is 11.8 Å². The van der Waals surface area contributed by atoms with Crippen LogP contribution in [0.2, 0.25) is 0 Å². The third kappa shape index (κ3) is 2.71. The first-order valence-corrected chi connectivity index (χ1v) is 8.94. The third-order valence-corrected chi connectivity index (χ3v) is 6.45. The topological polar surface area (TPSA) is 21.3 Å². The van der Waals surface area contributed by atoms with Crippen molar-refractivity contribution in [1.82, 2.24) is 5.32 Å². The molecule has 1 aromatic carbocycles. The molecule has 20 heavy (non-hydrogen) atoms. The number of fused-ring (bicyclic) bond motifs is 1. The molecule has 1 atom stereocenters. The Hall–Kier alpha value is -0.670. The summed E-state index contributed by atoms with van der Waals surface area (Å²) in [5, 5.41) is 3.85. The number of nitrogens with one attached hydrogen (secondary N) is 1. The molecule has 3 rings (SSSR count). The summed E-state index contributed by atoms with van der Waals surface area (Å²) in [6, 6.07) is 7.12. The van der Waals surface area contributed by atoms with E-state index >= 15 is 0 Å². The molecule has 0 amide bonds. The highest BCUT2D eigenvalue weighted by Crippen LogP contribution is 2.43. The first kappa shape index (κ1) is 14.3. The van der Waals surface area contributed by atoms with Crippen molar-refractivity contribution in [1.29, 1.82) is 0 Å². The monoisotopic (exact) mass is 291 g/mol. The quantitative estimate of drug-likeness (QED) is 0.887. The van der Waals surface area contributed by atoms with Crippen LogP contribution in [-0.2, 0) is 6.42 Å². The molecule has 2 aliphatic rings. The maximum atomic E-state index is 5.35. The van der Waals surface area contributed by atoms with Gasteiger partial charge in [-0.1, -0.05) is 12.5 Å². The molecule has 3 heteroatoms. The van der Waals surface area contributed by atoms with E-state index in [0.717, 1.165) is 12.3 Å². The summed E-state index contributed by atoms with van der Waals surface area (Å²) in [6.45, 7) is 1.16. The van der Waals surface area contributed by atoms with Gasteiger partial charge in [-0.25, -0.2) is 0 Å². The van der Waals surface area contributed by atoms with E-state index in [4.69, 9.17) is 4.74 Å². The number of benzene rings is 1. The van der Waals surface area contributed by atoms with E-state index in [1.165, 1.54) is 49.7 Å². The minimum Gasteiger partial charge on any atom is -0.497 e. The number of methoxy groups -OCH3 is 1. The lowest BCUT2D eigenvalue weighted by Gasteiger charge is -2.42. The van der Waals surface area contributed by atoms with Crippen LogP contribution < -0.4 is 10.1 Å². The molecule has 0 aliphatic heterocycles. The highest BCUT2D eigenvalue weighted by atomic mass is 32.2. The lowest BCUT2D eigenvalue weighted by Crippen LogP contribution is -2.44. The van der Waals surface area contributed by atoms with Crippen LogP contribution in [0.5, 0.6) is 5.75 Å². The smallest absolute Gasteiger partial charge is 0.119 e. The highest BCUT2D eigenvalue weighted by Gasteiger charge is 2.36. The lowest BCUT2D eigenvalue weighted by atomic mass is 9.82. The zero-order valence-corrected chi connectivity index (χ0v) is 13.4. The molecule has 110 valence electrons. The van der Waals surface area contributed by atoms with Crippen LogP contribution in [0.4, 0.5) is 0 Å². The van der Waals surface area contributed by atoms with Crippen LogP contribution >= 0.6 is 11.8 Å². The maximum Gasteiger partial charge on any atom is 0.119 e. The second-order valence-corrected chi connectivity index (χ2v) is 7.41. The summed E-state index contributed by atoms with van der Waals surface area (Å²) < 4.78 is 5.87. The normalized spacial score (nSPS) is 23.8. The lowest BCUT2D eigenvalue weighted by molar-refractivity contribution is 0.321. The maximum absolute atomic E-state index is 5.35. The molecule has 2 aliphatic carbocycles. The van der Waals surface area contributed by atoms with E-state index in [0.29, 0.717) is 10.8 Å². The van der Waals surface area contributed by atoms with Gasteiger partial charge >= 0.3 is 0 Å². The molecule has 1 fully saturated rings. The van der Waals surface area contributed by atoms with Crippen molar-refractivity contribution in [2.45, 2.75) is 49.3 Å². The van der Waals surface area contributed by atoms with Crippen molar-refractivity contribution in [2.24, 2.45) is 0 Å².